The summed E-state index contributed by atoms with van der Waals surface area (Å²) in [6, 6.07) is 0. The maximum absolute atomic E-state index is 13.2. The first kappa shape index (κ1) is 116. The highest BCUT2D eigenvalue weighted by molar-refractivity contribution is 7.47. The fraction of sp³-hybridized carbons (Fsp3) is 0.960. The van der Waals surface area contributed by atoms with Crippen molar-refractivity contribution in [1.82, 2.24) is 0 Å². The van der Waals surface area contributed by atoms with E-state index in [1.165, 1.54) is 334 Å². The Morgan fingerprint density at radius 3 is 0.602 bits per heavy atom. The maximum atomic E-state index is 13.2. The lowest BCUT2D eigenvalue weighted by molar-refractivity contribution is -0.161. The third kappa shape index (κ3) is 87.5. The molecule has 0 fully saturated rings. The Bertz CT molecular complexity index is 2280. The number of hydrogen-bond acceptors (Lipinski definition) is 15. The maximum Gasteiger partial charge on any atom is 0.472 e. The smallest absolute Gasteiger partial charge is 0.462 e. The number of phosphoric acid groups is 2. The number of aliphatic hydroxyl groups is 1. The van der Waals surface area contributed by atoms with Crippen molar-refractivity contribution >= 4 is 39.5 Å². The van der Waals surface area contributed by atoms with Gasteiger partial charge in [-0.3, -0.25) is 37.3 Å². The summed E-state index contributed by atoms with van der Waals surface area (Å²) in [4.78, 5) is 73.7. The molecule has 0 aromatic carbocycles. The number of unbranched alkanes of at least 4 members (excludes halogenated alkanes) is 59. The third-order valence-corrected chi connectivity index (χ3v) is 26.3. The second-order valence-electron chi connectivity index (χ2n) is 36.7. The Kier molecular flexibility index (Phi) is 85.7. The van der Waals surface area contributed by atoms with Gasteiger partial charge in [0.15, 0.2) is 12.2 Å². The van der Waals surface area contributed by atoms with Gasteiger partial charge in [0.25, 0.3) is 0 Å². The van der Waals surface area contributed by atoms with Crippen LogP contribution in [0, 0.1) is 23.7 Å². The van der Waals surface area contributed by atoms with Gasteiger partial charge in [0.2, 0.25) is 0 Å². The van der Waals surface area contributed by atoms with Crippen LogP contribution in [0.4, 0.5) is 0 Å². The highest BCUT2D eigenvalue weighted by Gasteiger charge is 2.31. The number of esters is 4. The Labute approximate surface area is 728 Å². The zero-order chi connectivity index (χ0) is 86.6. The molecule has 118 heavy (non-hydrogen) atoms. The molecule has 0 radical (unpaired) electrons. The van der Waals surface area contributed by atoms with Crippen molar-refractivity contribution in [2.75, 3.05) is 39.6 Å². The van der Waals surface area contributed by atoms with E-state index in [9.17, 15) is 43.2 Å². The minimum Gasteiger partial charge on any atom is -0.462 e. The summed E-state index contributed by atoms with van der Waals surface area (Å²) in [5, 5.41) is 10.7. The largest absolute Gasteiger partial charge is 0.472 e. The summed E-state index contributed by atoms with van der Waals surface area (Å²) in [5.74, 6) is 1.27. The van der Waals surface area contributed by atoms with Crippen molar-refractivity contribution in [2.45, 2.75) is 549 Å². The van der Waals surface area contributed by atoms with E-state index >= 15 is 0 Å². The third-order valence-electron chi connectivity index (χ3n) is 24.4. The van der Waals surface area contributed by atoms with E-state index < -0.39 is 97.5 Å². The molecule has 19 heteroatoms. The van der Waals surface area contributed by atoms with Crippen molar-refractivity contribution in [1.29, 1.82) is 0 Å². The number of hydrogen-bond donors (Lipinski definition) is 3. The quantitative estimate of drug-likeness (QED) is 0.0222. The number of carbonyl (C=O) groups is 4. The van der Waals surface area contributed by atoms with Crippen LogP contribution in [0.5, 0.6) is 0 Å². The second-order valence-corrected chi connectivity index (χ2v) is 39.6. The topological polar surface area (TPSA) is 237 Å². The normalized spacial score (nSPS) is 14.4. The van der Waals surface area contributed by atoms with E-state index in [1.807, 2.05) is 0 Å². The highest BCUT2D eigenvalue weighted by atomic mass is 31.2. The van der Waals surface area contributed by atoms with Crippen molar-refractivity contribution in [3.8, 4) is 0 Å². The van der Waals surface area contributed by atoms with Gasteiger partial charge in [-0.1, -0.05) is 479 Å². The minimum absolute atomic E-state index is 0.108. The van der Waals surface area contributed by atoms with Crippen molar-refractivity contribution < 1.29 is 80.2 Å². The molecule has 0 amide bonds. The second kappa shape index (κ2) is 87.1. The monoisotopic (exact) mass is 1720 g/mol. The average Bonchev–Trinajstić information content (AvgIpc) is 0.894. The van der Waals surface area contributed by atoms with E-state index in [0.717, 1.165) is 114 Å². The molecule has 0 aliphatic rings. The molecule has 0 bridgehead atoms. The van der Waals surface area contributed by atoms with Gasteiger partial charge in [-0.2, -0.15) is 0 Å². The molecule has 5 unspecified atom stereocenters. The molecule has 0 aliphatic carbocycles. The van der Waals surface area contributed by atoms with E-state index in [-0.39, 0.29) is 25.7 Å². The van der Waals surface area contributed by atoms with Gasteiger partial charge in [-0.05, 0) is 49.4 Å². The standard InChI is InChI=1S/C99H194O17P2/c1-9-90(6)76-68-60-52-44-36-30-24-18-12-15-21-27-33-39-47-55-63-71-79-96(101)109-85-94(115-98(103)81-73-65-57-48-40-34-28-22-16-13-19-25-31-37-45-53-61-69-77-91(7)10-2)87-113-117(105,106)111-83-93(100)84-112-118(107,108)114-88-95(86-110-97(102)80-72-64-56-50-42-43-51-59-67-75-89(4)5)116-99(104)82-74-66-58-49-41-35-29-23-17-14-20-26-32-38-46-54-62-70-78-92(8)11-3/h89-95,100H,9-88H2,1-8H3,(H,105,106)(H,107,108)/t90?,91?,92?,93-,94-,95-/m1/s1. The Balaban J connectivity index is 5.24. The van der Waals surface area contributed by atoms with Crippen LogP contribution in [0.15, 0.2) is 0 Å². The number of rotatable bonds is 96. The predicted molar refractivity (Wildman–Crippen MR) is 492 cm³/mol. The van der Waals surface area contributed by atoms with Gasteiger partial charge >= 0.3 is 39.5 Å². The number of aliphatic hydroxyl groups excluding tert-OH is 1. The Morgan fingerprint density at radius 1 is 0.237 bits per heavy atom. The average molecular weight is 1720 g/mol. The van der Waals surface area contributed by atoms with Crippen LogP contribution in [-0.4, -0.2) is 96.7 Å². The fourth-order valence-corrected chi connectivity index (χ4v) is 17.1. The molecular weight excluding hydrogens is 1520 g/mol. The summed E-state index contributed by atoms with van der Waals surface area (Å²) in [7, 11) is -9.95. The van der Waals surface area contributed by atoms with Crippen LogP contribution < -0.4 is 0 Å². The molecule has 0 rings (SSSR count). The van der Waals surface area contributed by atoms with Crippen LogP contribution in [0.1, 0.15) is 531 Å². The number of ether oxygens (including phenoxy) is 4. The minimum atomic E-state index is -4.98. The zero-order valence-corrected chi connectivity index (χ0v) is 80.4. The lowest BCUT2D eigenvalue weighted by atomic mass is 9.99. The summed E-state index contributed by atoms with van der Waals surface area (Å²) in [6.45, 7) is 14.6. The van der Waals surface area contributed by atoms with Crippen LogP contribution >= 0.6 is 15.6 Å². The molecule has 0 heterocycles. The highest BCUT2D eigenvalue weighted by Crippen LogP contribution is 2.45. The molecule has 0 aromatic heterocycles. The number of phosphoric ester groups is 2. The molecule has 702 valence electrons. The van der Waals surface area contributed by atoms with Gasteiger partial charge in [-0.15, -0.1) is 0 Å². The predicted octanol–water partition coefficient (Wildman–Crippen LogP) is 31.0. The molecule has 17 nitrogen and oxygen atoms in total. The lowest BCUT2D eigenvalue weighted by Gasteiger charge is -2.21. The number of carbonyl (C=O) groups excluding carboxylic acids is 4. The SMILES string of the molecule is CCC(C)CCCCCCCCCCCCCCCCCCCCC(=O)OC[C@H](COP(=O)(O)OC[C@@H](O)COP(=O)(O)OC[C@@H](COC(=O)CCCCCCCCCCCC(C)C)OC(=O)CCCCCCCCCCCCCCCCCCCCC(C)CC)OC(=O)CCCCCCCCCCCCCCCCCCCCC(C)CC. The first-order valence-electron chi connectivity index (χ1n) is 50.8. The van der Waals surface area contributed by atoms with Crippen LogP contribution in [0.3, 0.4) is 0 Å². The molecule has 0 saturated heterocycles. The molecule has 0 aromatic rings. The summed E-state index contributed by atoms with van der Waals surface area (Å²) in [6.07, 6.45) is 82.0. The van der Waals surface area contributed by atoms with E-state index in [4.69, 9.17) is 37.0 Å². The molecule has 3 N–H and O–H groups in total. The molecule has 0 aliphatic heterocycles. The molecule has 0 spiro atoms. The summed E-state index contributed by atoms with van der Waals surface area (Å²) in [5.41, 5.74) is 0. The lowest BCUT2D eigenvalue weighted by Crippen LogP contribution is -2.30. The van der Waals surface area contributed by atoms with Gasteiger partial charge < -0.3 is 33.8 Å². The van der Waals surface area contributed by atoms with Gasteiger partial charge in [0.05, 0.1) is 26.4 Å². The van der Waals surface area contributed by atoms with E-state index in [0.29, 0.717) is 25.7 Å². The fourth-order valence-electron chi connectivity index (χ4n) is 15.5. The first-order chi connectivity index (χ1) is 57.2. The van der Waals surface area contributed by atoms with E-state index in [1.54, 1.807) is 0 Å². The molecule has 8 atom stereocenters. The zero-order valence-electron chi connectivity index (χ0n) is 78.6. The van der Waals surface area contributed by atoms with Gasteiger partial charge in [0.1, 0.15) is 19.3 Å². The summed E-state index contributed by atoms with van der Waals surface area (Å²) >= 11 is 0. The first-order valence-corrected chi connectivity index (χ1v) is 53.8. The van der Waals surface area contributed by atoms with Crippen LogP contribution in [-0.2, 0) is 65.4 Å². The molecular formula is C99H194O17P2. The Hall–Kier alpha value is -1.94. The van der Waals surface area contributed by atoms with Gasteiger partial charge in [0, 0.05) is 25.7 Å². The molecule has 0 saturated carbocycles. The van der Waals surface area contributed by atoms with Crippen LogP contribution in [0.25, 0.3) is 0 Å². The van der Waals surface area contributed by atoms with E-state index in [2.05, 4.69) is 55.4 Å². The van der Waals surface area contributed by atoms with Crippen LogP contribution in [0.2, 0.25) is 0 Å². The Morgan fingerprint density at radius 2 is 0.407 bits per heavy atom. The van der Waals surface area contributed by atoms with Crippen molar-refractivity contribution in [3.05, 3.63) is 0 Å². The van der Waals surface area contributed by atoms with Crippen molar-refractivity contribution in [2.24, 2.45) is 23.7 Å². The summed E-state index contributed by atoms with van der Waals surface area (Å²) < 4.78 is 69.3. The van der Waals surface area contributed by atoms with Crippen molar-refractivity contribution in [3.63, 3.8) is 0 Å². The van der Waals surface area contributed by atoms with Gasteiger partial charge in [-0.25, -0.2) is 9.13 Å².